The highest BCUT2D eigenvalue weighted by Crippen LogP contribution is 2.20. The minimum atomic E-state index is -1.20. The number of nitrogens with two attached hydrogens (primary N) is 2. The Kier molecular flexibility index (Phi) is 9.53. The van der Waals surface area contributed by atoms with Gasteiger partial charge in [0.25, 0.3) is 0 Å². The van der Waals surface area contributed by atoms with Crippen molar-refractivity contribution in [2.75, 3.05) is 12.3 Å². The number of aromatic amines is 1. The lowest BCUT2D eigenvalue weighted by molar-refractivity contribution is -0.149. The third-order valence-corrected chi connectivity index (χ3v) is 6.75. The zero-order valence-electron chi connectivity index (χ0n) is 20.2. The summed E-state index contributed by atoms with van der Waals surface area (Å²) in [6.45, 7) is 0.250. The number of para-hydroxylation sites is 1. The number of thiol groups is 1. The van der Waals surface area contributed by atoms with E-state index < -0.39 is 53.8 Å². The summed E-state index contributed by atoms with van der Waals surface area (Å²) in [5, 5.41) is 15.4. The van der Waals surface area contributed by atoms with Crippen LogP contribution in [0.25, 0.3) is 10.9 Å². The Labute approximate surface area is 218 Å². The average Bonchev–Trinajstić information content (AvgIpc) is 3.52. The molecule has 1 fully saturated rings. The van der Waals surface area contributed by atoms with Crippen molar-refractivity contribution in [1.82, 2.24) is 20.5 Å². The van der Waals surface area contributed by atoms with Crippen molar-refractivity contribution in [2.45, 2.75) is 56.3 Å². The number of carboxylic acid groups (broad SMARTS) is 1. The monoisotopic (exact) mass is 532 g/mol. The number of nitrogens with zero attached hydrogens (tertiary/aromatic N) is 1. The summed E-state index contributed by atoms with van der Waals surface area (Å²) in [6.07, 6.45) is 2.51. The van der Waals surface area contributed by atoms with E-state index in [1.807, 2.05) is 24.3 Å². The van der Waals surface area contributed by atoms with Gasteiger partial charge in [0.15, 0.2) is 0 Å². The highest BCUT2D eigenvalue weighted by atomic mass is 32.1. The van der Waals surface area contributed by atoms with Crippen LogP contribution in [0.5, 0.6) is 0 Å². The predicted octanol–water partition coefficient (Wildman–Crippen LogP) is -0.722. The molecule has 4 atom stereocenters. The molecule has 1 aliphatic heterocycles. The van der Waals surface area contributed by atoms with Crippen molar-refractivity contribution in [2.24, 2.45) is 11.5 Å². The highest BCUT2D eigenvalue weighted by molar-refractivity contribution is 7.80. The fraction of sp³-hybridized carbons (Fsp3) is 0.458. The Morgan fingerprint density at radius 1 is 1.14 bits per heavy atom. The predicted molar refractivity (Wildman–Crippen MR) is 138 cm³/mol. The molecule has 2 heterocycles. The summed E-state index contributed by atoms with van der Waals surface area (Å²) >= 11 is 4.14. The molecule has 3 rings (SSSR count). The first-order chi connectivity index (χ1) is 17.6. The Morgan fingerprint density at radius 3 is 2.51 bits per heavy atom. The fourth-order valence-corrected chi connectivity index (χ4v) is 4.66. The number of benzene rings is 1. The highest BCUT2D eigenvalue weighted by Gasteiger charge is 2.38. The summed E-state index contributed by atoms with van der Waals surface area (Å²) in [5.41, 5.74) is 13.1. The number of carbonyl (C=O) groups excluding carboxylic acids is 4. The Hall–Kier alpha value is -3.58. The third kappa shape index (κ3) is 7.01. The van der Waals surface area contributed by atoms with Crippen molar-refractivity contribution in [3.8, 4) is 0 Å². The Bertz CT molecular complexity index is 1170. The quantitative estimate of drug-likeness (QED) is 0.175. The molecule has 1 aliphatic rings. The number of hydrogen-bond acceptors (Lipinski definition) is 7. The molecular weight excluding hydrogens is 500 g/mol. The lowest BCUT2D eigenvalue weighted by Gasteiger charge is -2.28. The van der Waals surface area contributed by atoms with Crippen molar-refractivity contribution < 1.29 is 29.1 Å². The van der Waals surface area contributed by atoms with E-state index in [1.54, 1.807) is 6.20 Å². The number of H-pyrrole nitrogens is 1. The molecule has 0 spiro atoms. The lowest BCUT2D eigenvalue weighted by atomic mass is 10.0. The van der Waals surface area contributed by atoms with Gasteiger partial charge in [-0.3, -0.25) is 19.2 Å². The van der Waals surface area contributed by atoms with Crippen molar-refractivity contribution in [3.05, 3.63) is 36.0 Å². The molecule has 1 aromatic carbocycles. The number of carboxylic acids is 1. The second-order valence-corrected chi connectivity index (χ2v) is 9.37. The van der Waals surface area contributed by atoms with Gasteiger partial charge in [-0.25, -0.2) is 4.79 Å². The molecule has 4 amide bonds. The van der Waals surface area contributed by atoms with Crippen LogP contribution in [-0.4, -0.2) is 81.1 Å². The van der Waals surface area contributed by atoms with E-state index in [1.165, 1.54) is 4.90 Å². The zero-order valence-corrected chi connectivity index (χ0v) is 21.1. The molecule has 1 saturated heterocycles. The van der Waals surface area contributed by atoms with Gasteiger partial charge in [0, 0.05) is 35.8 Å². The van der Waals surface area contributed by atoms with Crippen molar-refractivity contribution in [1.29, 1.82) is 0 Å². The van der Waals surface area contributed by atoms with Crippen LogP contribution in [0.2, 0.25) is 0 Å². The average molecular weight is 533 g/mol. The number of hydrogen-bond donors (Lipinski definition) is 7. The van der Waals surface area contributed by atoms with Crippen LogP contribution in [-0.2, 0) is 30.4 Å². The van der Waals surface area contributed by atoms with E-state index in [-0.39, 0.29) is 31.6 Å². The molecule has 12 nitrogen and oxygen atoms in total. The maximum absolute atomic E-state index is 13.1. The molecule has 1 aromatic heterocycles. The van der Waals surface area contributed by atoms with Crippen LogP contribution in [0.4, 0.5) is 0 Å². The number of carbonyl (C=O) groups is 5. The number of likely N-dealkylation sites (tertiary alicyclic amines) is 1. The van der Waals surface area contributed by atoms with Gasteiger partial charge in [-0.1, -0.05) is 18.2 Å². The number of nitrogens with one attached hydrogen (secondary N) is 3. The van der Waals surface area contributed by atoms with Crippen molar-refractivity contribution >= 4 is 53.1 Å². The first-order valence-corrected chi connectivity index (χ1v) is 12.6. The maximum atomic E-state index is 13.1. The number of primary amides is 1. The number of fused-ring (bicyclic) bond motifs is 1. The SMILES string of the molecule is NC(=O)CCC(NC(=O)C(N)Cc1c[nH]c2ccccc12)C(=O)NC(CS)C(=O)N1CCCC1C(=O)O. The van der Waals surface area contributed by atoms with Gasteiger partial charge in [0.2, 0.25) is 23.6 Å². The van der Waals surface area contributed by atoms with Gasteiger partial charge >= 0.3 is 5.97 Å². The molecule has 4 unspecified atom stereocenters. The minimum Gasteiger partial charge on any atom is -0.480 e. The fourth-order valence-electron chi connectivity index (χ4n) is 4.41. The van der Waals surface area contributed by atoms with Crippen LogP contribution in [0.15, 0.2) is 30.5 Å². The number of amides is 4. The first kappa shape index (κ1) is 28.0. The molecule has 0 aliphatic carbocycles. The van der Waals surface area contributed by atoms with E-state index in [0.717, 1.165) is 16.5 Å². The summed E-state index contributed by atoms with van der Waals surface area (Å²) in [6, 6.07) is 3.27. The maximum Gasteiger partial charge on any atom is 0.326 e. The van der Waals surface area contributed by atoms with Crippen molar-refractivity contribution in [3.63, 3.8) is 0 Å². The largest absolute Gasteiger partial charge is 0.480 e. The molecular formula is C24H32N6O6S. The van der Waals surface area contributed by atoms with E-state index in [0.29, 0.717) is 12.8 Å². The molecule has 200 valence electrons. The molecule has 13 heteroatoms. The number of rotatable bonds is 12. The smallest absolute Gasteiger partial charge is 0.326 e. The van der Waals surface area contributed by atoms with E-state index in [4.69, 9.17) is 11.5 Å². The van der Waals surface area contributed by atoms with Crippen LogP contribution < -0.4 is 22.1 Å². The molecule has 0 bridgehead atoms. The minimum absolute atomic E-state index is 0.0933. The molecule has 0 saturated carbocycles. The summed E-state index contributed by atoms with van der Waals surface area (Å²) < 4.78 is 0. The Morgan fingerprint density at radius 2 is 1.84 bits per heavy atom. The molecule has 0 radical (unpaired) electrons. The Balaban J connectivity index is 1.67. The van der Waals surface area contributed by atoms with Gasteiger partial charge in [-0.15, -0.1) is 0 Å². The third-order valence-electron chi connectivity index (χ3n) is 6.38. The van der Waals surface area contributed by atoms with Gasteiger partial charge in [-0.2, -0.15) is 12.6 Å². The number of aliphatic carboxylic acids is 1. The van der Waals surface area contributed by atoms with Crippen LogP contribution in [0, 0.1) is 0 Å². The van der Waals surface area contributed by atoms with Gasteiger partial charge in [0.05, 0.1) is 6.04 Å². The molecule has 2 aromatic rings. The van der Waals surface area contributed by atoms with Gasteiger partial charge in [0.1, 0.15) is 18.1 Å². The molecule has 8 N–H and O–H groups in total. The molecule has 37 heavy (non-hydrogen) atoms. The van der Waals surface area contributed by atoms with Gasteiger partial charge in [-0.05, 0) is 37.3 Å². The second-order valence-electron chi connectivity index (χ2n) is 9.01. The zero-order chi connectivity index (χ0) is 27.1. The number of aromatic nitrogens is 1. The standard InChI is InChI=1S/C24H32N6O6S/c25-15(10-13-11-27-16-5-2-1-4-14(13)16)21(32)28-17(7-8-20(26)31)22(33)29-18(12-37)23(34)30-9-3-6-19(30)24(35)36/h1-2,4-5,11,15,17-19,27,37H,3,6-10,12,25H2,(H2,26,31)(H,28,32)(H,29,33)(H,35,36). The normalized spacial score (nSPS) is 17.7. The van der Waals surface area contributed by atoms with Crippen LogP contribution in [0.3, 0.4) is 0 Å². The topological polar surface area (TPSA) is 201 Å². The summed E-state index contributed by atoms with van der Waals surface area (Å²) in [5.74, 6) is -3.81. The van der Waals surface area contributed by atoms with Crippen LogP contribution in [0.1, 0.15) is 31.2 Å². The van der Waals surface area contributed by atoms with E-state index in [2.05, 4.69) is 28.2 Å². The van der Waals surface area contributed by atoms with Crippen LogP contribution >= 0.6 is 12.6 Å². The summed E-state index contributed by atoms with van der Waals surface area (Å²) in [4.78, 5) is 66.0. The van der Waals surface area contributed by atoms with E-state index >= 15 is 0 Å². The first-order valence-electron chi connectivity index (χ1n) is 12.0. The van der Waals surface area contributed by atoms with Gasteiger partial charge < -0.3 is 37.1 Å². The van der Waals surface area contributed by atoms with E-state index in [9.17, 15) is 29.1 Å². The second kappa shape index (κ2) is 12.6. The summed E-state index contributed by atoms with van der Waals surface area (Å²) in [7, 11) is 0. The lowest BCUT2D eigenvalue weighted by Crippen LogP contribution is -2.58.